The van der Waals surface area contributed by atoms with Gasteiger partial charge in [-0.1, -0.05) is 146 Å². The number of rotatable bonds is 5. The molecule has 8 aromatic carbocycles. The first-order valence-corrected chi connectivity index (χ1v) is 19.0. The molecule has 57 heavy (non-hydrogen) atoms. The average molecular weight is 731 g/mol. The molecule has 12 aromatic rings. The highest BCUT2D eigenvalue weighted by Gasteiger charge is 2.23. The number of benzene rings is 8. The van der Waals surface area contributed by atoms with Gasteiger partial charge in [-0.2, -0.15) is 9.97 Å². The van der Waals surface area contributed by atoms with E-state index in [0.717, 1.165) is 99.1 Å². The van der Waals surface area contributed by atoms with E-state index in [0.29, 0.717) is 17.6 Å². The van der Waals surface area contributed by atoms with Crippen molar-refractivity contribution in [3.63, 3.8) is 0 Å². The molecule has 0 N–H and O–H groups in total. The van der Waals surface area contributed by atoms with E-state index in [1.54, 1.807) is 0 Å². The highest BCUT2D eigenvalue weighted by Crippen LogP contribution is 2.43. The number of hydrogen-bond acceptors (Lipinski definition) is 5. The van der Waals surface area contributed by atoms with Crippen molar-refractivity contribution >= 4 is 65.7 Å². The Balaban J connectivity index is 1.13. The Kier molecular flexibility index (Phi) is 6.83. The molecule has 6 heteroatoms. The molecule has 0 radical (unpaired) electrons. The van der Waals surface area contributed by atoms with Gasteiger partial charge in [-0.25, -0.2) is 4.98 Å². The summed E-state index contributed by atoms with van der Waals surface area (Å²) in [7, 11) is 0. The van der Waals surface area contributed by atoms with Crippen LogP contribution in [-0.2, 0) is 0 Å². The van der Waals surface area contributed by atoms with E-state index in [1.165, 1.54) is 0 Å². The maximum Gasteiger partial charge on any atom is 0.238 e. The van der Waals surface area contributed by atoms with Crippen LogP contribution in [-0.4, -0.2) is 19.5 Å². The number of para-hydroxylation sites is 2. The van der Waals surface area contributed by atoms with Crippen LogP contribution in [0.5, 0.6) is 0 Å². The van der Waals surface area contributed by atoms with Crippen molar-refractivity contribution in [2.24, 2.45) is 0 Å². The highest BCUT2D eigenvalue weighted by molar-refractivity contribution is 6.25. The molecular formula is C51H30N4O2. The van der Waals surface area contributed by atoms with Gasteiger partial charge in [0.2, 0.25) is 5.95 Å². The van der Waals surface area contributed by atoms with Gasteiger partial charge >= 0.3 is 0 Å². The third-order valence-corrected chi connectivity index (χ3v) is 11.1. The molecule has 266 valence electrons. The minimum Gasteiger partial charge on any atom is -0.456 e. The molecule has 0 aliphatic heterocycles. The van der Waals surface area contributed by atoms with Crippen molar-refractivity contribution in [1.82, 2.24) is 19.5 Å². The predicted molar refractivity (Wildman–Crippen MR) is 230 cm³/mol. The Morgan fingerprint density at radius 1 is 0.368 bits per heavy atom. The van der Waals surface area contributed by atoms with E-state index in [2.05, 4.69) is 132 Å². The predicted octanol–water partition coefficient (Wildman–Crippen LogP) is 13.4. The van der Waals surface area contributed by atoms with E-state index in [4.69, 9.17) is 23.8 Å². The van der Waals surface area contributed by atoms with Gasteiger partial charge in [-0.3, -0.25) is 4.57 Å². The zero-order chi connectivity index (χ0) is 37.5. The normalized spacial score (nSPS) is 11.9. The maximum absolute atomic E-state index is 6.74. The van der Waals surface area contributed by atoms with Gasteiger partial charge in [0, 0.05) is 43.6 Å². The summed E-state index contributed by atoms with van der Waals surface area (Å²) in [5, 5.41) is 6.36. The highest BCUT2D eigenvalue weighted by atomic mass is 16.3. The summed E-state index contributed by atoms with van der Waals surface area (Å²) in [6.45, 7) is 0. The van der Waals surface area contributed by atoms with Crippen LogP contribution in [0, 0.1) is 0 Å². The molecule has 0 spiro atoms. The minimum absolute atomic E-state index is 0.516. The fraction of sp³-hybridized carbons (Fsp3) is 0. The number of nitrogens with zero attached hydrogens (tertiary/aromatic N) is 4. The van der Waals surface area contributed by atoms with Crippen molar-refractivity contribution in [2.45, 2.75) is 0 Å². The Morgan fingerprint density at radius 3 is 1.77 bits per heavy atom. The van der Waals surface area contributed by atoms with Crippen molar-refractivity contribution in [3.05, 3.63) is 182 Å². The van der Waals surface area contributed by atoms with Gasteiger partial charge in [0.1, 0.15) is 22.3 Å². The molecule has 0 bridgehead atoms. The van der Waals surface area contributed by atoms with Gasteiger partial charge in [0.25, 0.3) is 0 Å². The first-order chi connectivity index (χ1) is 28.3. The molecule has 6 nitrogen and oxygen atoms in total. The lowest BCUT2D eigenvalue weighted by molar-refractivity contribution is 0.669. The third-order valence-electron chi connectivity index (χ3n) is 11.1. The summed E-state index contributed by atoms with van der Waals surface area (Å²) >= 11 is 0. The Hall–Kier alpha value is -7.83. The van der Waals surface area contributed by atoms with E-state index >= 15 is 0 Å². The van der Waals surface area contributed by atoms with Gasteiger partial charge in [-0.05, 0) is 53.1 Å². The Labute approximate surface area is 325 Å². The van der Waals surface area contributed by atoms with Crippen LogP contribution in [0.15, 0.2) is 191 Å². The lowest BCUT2D eigenvalue weighted by atomic mass is 9.99. The third kappa shape index (κ3) is 4.87. The summed E-state index contributed by atoms with van der Waals surface area (Å²) in [6.07, 6.45) is 0. The smallest absolute Gasteiger partial charge is 0.238 e. The fourth-order valence-corrected chi connectivity index (χ4v) is 8.52. The standard InChI is InChI=1S/C51H30N4O2/c1-4-14-31(15-5-1)35-21-13-25-42-45(35)39-27-26-34(30-44(39)56-42)50-52-49(33-18-8-3-9-19-33)53-51(54-50)55-41-24-11-10-20-37(41)38-28-29-43-46(47(38)55)40-23-12-22-36(48(40)57-43)32-16-6-2-7-17-32/h1-30H. The van der Waals surface area contributed by atoms with E-state index in [-0.39, 0.29) is 0 Å². The summed E-state index contributed by atoms with van der Waals surface area (Å²) < 4.78 is 15.5. The summed E-state index contributed by atoms with van der Waals surface area (Å²) in [5.41, 5.74) is 11.4. The molecule has 0 aliphatic rings. The quantitative estimate of drug-likeness (QED) is 0.176. The van der Waals surface area contributed by atoms with E-state index in [9.17, 15) is 0 Å². The van der Waals surface area contributed by atoms with Crippen molar-refractivity contribution in [1.29, 1.82) is 0 Å². The number of fused-ring (bicyclic) bond motifs is 10. The van der Waals surface area contributed by atoms with Crippen LogP contribution in [0.25, 0.3) is 117 Å². The van der Waals surface area contributed by atoms with Gasteiger partial charge in [0.05, 0.1) is 16.4 Å². The van der Waals surface area contributed by atoms with Crippen LogP contribution < -0.4 is 0 Å². The molecule has 0 atom stereocenters. The van der Waals surface area contributed by atoms with Crippen molar-refractivity contribution < 1.29 is 8.83 Å². The Morgan fingerprint density at radius 2 is 0.982 bits per heavy atom. The maximum atomic E-state index is 6.74. The molecule has 4 heterocycles. The molecule has 0 amide bonds. The molecular weight excluding hydrogens is 701 g/mol. The second-order valence-corrected chi connectivity index (χ2v) is 14.3. The molecule has 0 unspecified atom stereocenters. The van der Waals surface area contributed by atoms with Crippen molar-refractivity contribution in [3.8, 4) is 51.0 Å². The fourth-order valence-electron chi connectivity index (χ4n) is 8.52. The lowest BCUT2D eigenvalue weighted by Gasteiger charge is -2.11. The van der Waals surface area contributed by atoms with Crippen LogP contribution in [0.1, 0.15) is 0 Å². The molecule has 0 saturated heterocycles. The van der Waals surface area contributed by atoms with Crippen LogP contribution in [0.4, 0.5) is 0 Å². The van der Waals surface area contributed by atoms with Crippen LogP contribution in [0.2, 0.25) is 0 Å². The first kappa shape index (κ1) is 31.5. The number of furan rings is 2. The Bertz CT molecular complexity index is 3510. The zero-order valence-electron chi connectivity index (χ0n) is 30.4. The molecule has 0 aliphatic carbocycles. The number of hydrogen-bond donors (Lipinski definition) is 0. The average Bonchev–Trinajstić information content (AvgIpc) is 3.96. The van der Waals surface area contributed by atoms with Gasteiger partial charge in [0.15, 0.2) is 11.6 Å². The second-order valence-electron chi connectivity index (χ2n) is 14.3. The van der Waals surface area contributed by atoms with E-state index < -0.39 is 0 Å². The number of aromatic nitrogens is 4. The summed E-state index contributed by atoms with van der Waals surface area (Å²) in [5.74, 6) is 1.64. The van der Waals surface area contributed by atoms with E-state index in [1.807, 2.05) is 54.6 Å². The second kappa shape index (κ2) is 12.3. The monoisotopic (exact) mass is 730 g/mol. The summed E-state index contributed by atoms with van der Waals surface area (Å²) in [6, 6.07) is 62.5. The largest absolute Gasteiger partial charge is 0.456 e. The lowest BCUT2D eigenvalue weighted by Crippen LogP contribution is -2.06. The van der Waals surface area contributed by atoms with Crippen molar-refractivity contribution in [2.75, 3.05) is 0 Å². The molecule has 4 aromatic heterocycles. The minimum atomic E-state index is 0.516. The van der Waals surface area contributed by atoms with Crippen LogP contribution >= 0.6 is 0 Å². The molecule has 0 fully saturated rings. The topological polar surface area (TPSA) is 69.9 Å². The van der Waals surface area contributed by atoms with Gasteiger partial charge < -0.3 is 8.83 Å². The first-order valence-electron chi connectivity index (χ1n) is 19.0. The van der Waals surface area contributed by atoms with Gasteiger partial charge in [-0.15, -0.1) is 0 Å². The zero-order valence-corrected chi connectivity index (χ0v) is 30.4. The molecule has 0 saturated carbocycles. The van der Waals surface area contributed by atoms with Crippen LogP contribution in [0.3, 0.4) is 0 Å². The summed E-state index contributed by atoms with van der Waals surface area (Å²) in [4.78, 5) is 15.7. The SMILES string of the molecule is c1ccc(-c2nc(-c3ccc4c(c3)oc3cccc(-c5ccccc5)c34)nc(-n3c4ccccc4c4ccc5oc6c(-c7ccccc7)cccc6c5c43)n2)cc1. The molecule has 12 rings (SSSR count).